The molecule has 0 aromatic rings. The van der Waals surface area contributed by atoms with Crippen LogP contribution in [0.25, 0.3) is 0 Å². The molecule has 0 radical (unpaired) electrons. The number of hydrogen-bond acceptors (Lipinski definition) is 2. The van der Waals surface area contributed by atoms with Crippen LogP contribution >= 0.6 is 0 Å². The summed E-state index contributed by atoms with van der Waals surface area (Å²) >= 11 is 0. The van der Waals surface area contributed by atoms with Crippen molar-refractivity contribution in [3.8, 4) is 0 Å². The summed E-state index contributed by atoms with van der Waals surface area (Å²) in [5.74, 6) is -0.751. The number of aliphatic carboxylic acids is 1. The Kier molecular flexibility index (Phi) is 4.14. The molecule has 0 aliphatic heterocycles. The van der Waals surface area contributed by atoms with Gasteiger partial charge >= 0.3 is 5.97 Å². The van der Waals surface area contributed by atoms with Gasteiger partial charge in [0.05, 0.1) is 0 Å². The van der Waals surface area contributed by atoms with Gasteiger partial charge in [-0.1, -0.05) is 20.3 Å². The number of carboxylic acids is 1. The van der Waals surface area contributed by atoms with Crippen LogP contribution < -0.4 is 5.32 Å². The summed E-state index contributed by atoms with van der Waals surface area (Å²) in [5.41, 5.74) is 0.433. The first-order valence-corrected chi connectivity index (χ1v) is 5.89. The van der Waals surface area contributed by atoms with Gasteiger partial charge in [0.1, 0.15) is 6.04 Å². The SMILES string of the molecule is CC(NC1CCCC(C)(C)CC1)C(=O)O. The molecule has 15 heavy (non-hydrogen) atoms. The van der Waals surface area contributed by atoms with Crippen molar-refractivity contribution in [1.29, 1.82) is 0 Å². The highest BCUT2D eigenvalue weighted by molar-refractivity contribution is 5.72. The van der Waals surface area contributed by atoms with E-state index in [0.717, 1.165) is 12.8 Å². The molecule has 0 amide bonds. The second-order valence-corrected chi connectivity index (χ2v) is 5.52. The molecule has 1 rings (SSSR count). The number of hydrogen-bond donors (Lipinski definition) is 2. The van der Waals surface area contributed by atoms with E-state index in [1.165, 1.54) is 19.3 Å². The Hall–Kier alpha value is -0.570. The zero-order valence-electron chi connectivity index (χ0n) is 10.0. The van der Waals surface area contributed by atoms with Crippen LogP contribution in [0.4, 0.5) is 0 Å². The van der Waals surface area contributed by atoms with Gasteiger partial charge in [-0.2, -0.15) is 0 Å². The predicted octanol–water partition coefficient (Wildman–Crippen LogP) is 2.41. The fourth-order valence-electron chi connectivity index (χ4n) is 2.25. The molecule has 2 unspecified atom stereocenters. The summed E-state index contributed by atoms with van der Waals surface area (Å²) in [4.78, 5) is 10.7. The molecule has 0 bridgehead atoms. The Morgan fingerprint density at radius 1 is 1.40 bits per heavy atom. The van der Waals surface area contributed by atoms with Crippen LogP contribution in [0, 0.1) is 5.41 Å². The van der Waals surface area contributed by atoms with Crippen LogP contribution in [0.5, 0.6) is 0 Å². The molecule has 0 aromatic carbocycles. The maximum atomic E-state index is 10.7. The number of carboxylic acid groups (broad SMARTS) is 1. The second kappa shape index (κ2) is 4.97. The highest BCUT2D eigenvalue weighted by Crippen LogP contribution is 2.33. The quantitative estimate of drug-likeness (QED) is 0.708. The molecule has 2 N–H and O–H groups in total. The van der Waals surface area contributed by atoms with E-state index in [1.54, 1.807) is 6.92 Å². The molecule has 3 heteroatoms. The highest BCUT2D eigenvalue weighted by Gasteiger charge is 2.25. The minimum absolute atomic E-state index is 0.387. The summed E-state index contributed by atoms with van der Waals surface area (Å²) in [6, 6.07) is -0.0333. The van der Waals surface area contributed by atoms with Gasteiger partial charge in [-0.05, 0) is 38.0 Å². The Balaban J connectivity index is 2.41. The van der Waals surface area contributed by atoms with Crippen LogP contribution in [0.15, 0.2) is 0 Å². The van der Waals surface area contributed by atoms with Gasteiger partial charge in [0.15, 0.2) is 0 Å². The van der Waals surface area contributed by atoms with Crippen LogP contribution in [-0.2, 0) is 4.79 Å². The van der Waals surface area contributed by atoms with Gasteiger partial charge in [0.25, 0.3) is 0 Å². The normalized spacial score (nSPS) is 28.1. The molecular weight excluding hydrogens is 190 g/mol. The van der Waals surface area contributed by atoms with E-state index < -0.39 is 12.0 Å². The average molecular weight is 213 g/mol. The Morgan fingerprint density at radius 2 is 2.07 bits per heavy atom. The van der Waals surface area contributed by atoms with Crippen molar-refractivity contribution in [2.75, 3.05) is 0 Å². The highest BCUT2D eigenvalue weighted by atomic mass is 16.4. The van der Waals surface area contributed by atoms with Crippen LogP contribution in [0.1, 0.15) is 52.9 Å². The molecule has 3 nitrogen and oxygen atoms in total. The van der Waals surface area contributed by atoms with Gasteiger partial charge in [0, 0.05) is 6.04 Å². The minimum Gasteiger partial charge on any atom is -0.480 e. The van der Waals surface area contributed by atoms with Crippen molar-refractivity contribution in [3.63, 3.8) is 0 Å². The predicted molar refractivity (Wildman–Crippen MR) is 60.9 cm³/mol. The molecule has 0 saturated heterocycles. The summed E-state index contributed by atoms with van der Waals surface area (Å²) < 4.78 is 0. The molecule has 0 aromatic heterocycles. The van der Waals surface area contributed by atoms with Gasteiger partial charge in [-0.15, -0.1) is 0 Å². The van der Waals surface area contributed by atoms with Crippen molar-refractivity contribution in [3.05, 3.63) is 0 Å². The van der Waals surface area contributed by atoms with E-state index in [9.17, 15) is 4.79 Å². The molecule has 88 valence electrons. The van der Waals surface area contributed by atoms with Crippen molar-refractivity contribution in [1.82, 2.24) is 5.32 Å². The summed E-state index contributed by atoms with van der Waals surface area (Å²) in [5, 5.41) is 12.0. The smallest absolute Gasteiger partial charge is 0.320 e. The average Bonchev–Trinajstić information content (AvgIpc) is 2.28. The van der Waals surface area contributed by atoms with Crippen molar-refractivity contribution >= 4 is 5.97 Å². The lowest BCUT2D eigenvalue weighted by Crippen LogP contribution is -2.41. The zero-order chi connectivity index (χ0) is 11.5. The molecule has 2 atom stereocenters. The summed E-state index contributed by atoms with van der Waals surface area (Å²) in [7, 11) is 0. The van der Waals surface area contributed by atoms with Gasteiger partial charge in [-0.25, -0.2) is 0 Å². The van der Waals surface area contributed by atoms with Gasteiger partial charge in [-0.3, -0.25) is 4.79 Å². The van der Waals surface area contributed by atoms with E-state index in [4.69, 9.17) is 5.11 Å². The largest absolute Gasteiger partial charge is 0.480 e. The molecule has 1 saturated carbocycles. The van der Waals surface area contributed by atoms with E-state index in [0.29, 0.717) is 11.5 Å². The lowest BCUT2D eigenvalue weighted by molar-refractivity contribution is -0.139. The number of rotatable bonds is 3. The third-order valence-corrected chi connectivity index (χ3v) is 3.43. The van der Waals surface area contributed by atoms with E-state index in [2.05, 4.69) is 19.2 Å². The first-order valence-electron chi connectivity index (χ1n) is 5.89. The fourth-order valence-corrected chi connectivity index (χ4v) is 2.25. The van der Waals surface area contributed by atoms with E-state index in [-0.39, 0.29) is 0 Å². The second-order valence-electron chi connectivity index (χ2n) is 5.52. The van der Waals surface area contributed by atoms with Crippen molar-refractivity contribution < 1.29 is 9.90 Å². The number of carbonyl (C=O) groups is 1. The van der Waals surface area contributed by atoms with E-state index in [1.807, 2.05) is 0 Å². The maximum Gasteiger partial charge on any atom is 0.320 e. The standard InChI is InChI=1S/C12H23NO2/c1-9(11(14)15)13-10-5-4-7-12(2,3)8-6-10/h9-10,13H,4-8H2,1-3H3,(H,14,15). The Bertz CT molecular complexity index is 226. The van der Waals surface area contributed by atoms with Crippen molar-refractivity contribution in [2.45, 2.75) is 65.0 Å². The van der Waals surface area contributed by atoms with Crippen LogP contribution in [-0.4, -0.2) is 23.2 Å². The summed E-state index contributed by atoms with van der Waals surface area (Å²) in [6.07, 6.45) is 5.87. The molecule has 1 aliphatic carbocycles. The lowest BCUT2D eigenvalue weighted by Gasteiger charge is -2.22. The van der Waals surface area contributed by atoms with Gasteiger partial charge < -0.3 is 10.4 Å². The first-order chi connectivity index (χ1) is 6.91. The molecule has 0 spiro atoms. The monoisotopic (exact) mass is 213 g/mol. The summed E-state index contributed by atoms with van der Waals surface area (Å²) in [6.45, 7) is 6.32. The van der Waals surface area contributed by atoms with Gasteiger partial charge in [0.2, 0.25) is 0 Å². The fraction of sp³-hybridized carbons (Fsp3) is 0.917. The molecule has 1 aliphatic rings. The van der Waals surface area contributed by atoms with Crippen molar-refractivity contribution in [2.24, 2.45) is 5.41 Å². The zero-order valence-corrected chi connectivity index (χ0v) is 10.0. The van der Waals surface area contributed by atoms with Crippen LogP contribution in [0.3, 0.4) is 0 Å². The lowest BCUT2D eigenvalue weighted by atomic mass is 9.85. The Labute approximate surface area is 92.3 Å². The van der Waals surface area contributed by atoms with E-state index >= 15 is 0 Å². The third-order valence-electron chi connectivity index (χ3n) is 3.43. The third kappa shape index (κ3) is 4.20. The van der Waals surface area contributed by atoms with Crippen LogP contribution in [0.2, 0.25) is 0 Å². The Morgan fingerprint density at radius 3 is 2.67 bits per heavy atom. The molecule has 1 fully saturated rings. The topological polar surface area (TPSA) is 49.3 Å². The first kappa shape index (κ1) is 12.5. The molecular formula is C12H23NO2. The molecule has 0 heterocycles. The minimum atomic E-state index is -0.751. The number of nitrogens with one attached hydrogen (secondary N) is 1. The maximum absolute atomic E-state index is 10.7.